The van der Waals surface area contributed by atoms with E-state index < -0.39 is 5.78 Å². The third kappa shape index (κ3) is 4.66. The summed E-state index contributed by atoms with van der Waals surface area (Å²) in [5, 5.41) is 6.65. The Balaban J connectivity index is 1.69. The number of methoxy groups -OCH3 is 2. The second kappa shape index (κ2) is 10.1. The molecular weight excluding hydrogens is 491 g/mol. The number of rotatable bonds is 8. The predicted octanol–water partition coefficient (Wildman–Crippen LogP) is 5.99. The van der Waals surface area contributed by atoms with Gasteiger partial charge in [0, 0.05) is 23.2 Å². The Bertz CT molecular complexity index is 1440. The molecule has 0 aliphatic rings. The number of ether oxygens (including phenoxy) is 2. The van der Waals surface area contributed by atoms with Gasteiger partial charge in [-0.2, -0.15) is 0 Å². The minimum atomic E-state index is -0.413. The number of para-hydroxylation sites is 2. The van der Waals surface area contributed by atoms with Crippen molar-refractivity contribution >= 4 is 63.1 Å². The van der Waals surface area contributed by atoms with Crippen molar-refractivity contribution in [3.05, 3.63) is 82.5 Å². The third-order valence-electron chi connectivity index (χ3n) is 5.22. The number of nitrogens with one attached hydrogen (secondary N) is 3. The quantitative estimate of drug-likeness (QED) is 0.198. The summed E-state index contributed by atoms with van der Waals surface area (Å²) >= 11 is 12.9. The van der Waals surface area contributed by atoms with Crippen LogP contribution >= 0.6 is 23.2 Å². The molecule has 4 rings (SSSR count). The van der Waals surface area contributed by atoms with Crippen LogP contribution in [0.2, 0.25) is 10.0 Å². The summed E-state index contributed by atoms with van der Waals surface area (Å²) in [6.45, 7) is 3.47. The zero-order valence-electron chi connectivity index (χ0n) is 18.7. The van der Waals surface area contributed by atoms with Crippen molar-refractivity contribution in [2.24, 2.45) is 0 Å². The van der Waals surface area contributed by atoms with Crippen molar-refractivity contribution in [2.75, 3.05) is 24.9 Å². The van der Waals surface area contributed by atoms with Gasteiger partial charge >= 0.3 is 0 Å². The van der Waals surface area contributed by atoms with Gasteiger partial charge in [-0.3, -0.25) is 9.59 Å². The van der Waals surface area contributed by atoms with Gasteiger partial charge in [-0.05, 0) is 30.3 Å². The molecule has 0 radical (unpaired) electrons. The maximum atomic E-state index is 13.5. The first-order valence-electron chi connectivity index (χ1n) is 10.3. The first kappa shape index (κ1) is 24.1. The maximum Gasteiger partial charge on any atom is 0.247 e. The van der Waals surface area contributed by atoms with E-state index >= 15 is 0 Å². The molecule has 0 spiro atoms. The number of halogens is 2. The summed E-state index contributed by atoms with van der Waals surface area (Å²) in [5.41, 5.74) is 2.07. The second-order valence-electron chi connectivity index (χ2n) is 7.27. The lowest BCUT2D eigenvalue weighted by molar-refractivity contribution is -0.111. The van der Waals surface area contributed by atoms with E-state index in [1.54, 1.807) is 36.5 Å². The van der Waals surface area contributed by atoms with Crippen LogP contribution in [0, 0.1) is 0 Å². The number of amides is 1. The number of benzene rings is 2. The van der Waals surface area contributed by atoms with Gasteiger partial charge in [0.1, 0.15) is 23.0 Å². The van der Waals surface area contributed by atoms with E-state index in [-0.39, 0.29) is 33.0 Å². The van der Waals surface area contributed by atoms with E-state index in [9.17, 15) is 9.59 Å². The monoisotopic (exact) mass is 510 g/mol. The van der Waals surface area contributed by atoms with Crippen LogP contribution in [0.15, 0.2) is 61.3 Å². The van der Waals surface area contributed by atoms with Crippen LogP contribution in [0.25, 0.3) is 11.0 Å². The van der Waals surface area contributed by atoms with Gasteiger partial charge in [0.2, 0.25) is 5.91 Å². The second-order valence-corrected chi connectivity index (χ2v) is 8.03. The van der Waals surface area contributed by atoms with E-state index in [1.807, 2.05) is 6.07 Å². The van der Waals surface area contributed by atoms with Gasteiger partial charge < -0.3 is 25.1 Å². The molecule has 2 aromatic carbocycles. The van der Waals surface area contributed by atoms with Gasteiger partial charge in [-0.15, -0.1) is 0 Å². The highest BCUT2D eigenvalue weighted by atomic mass is 35.5. The van der Waals surface area contributed by atoms with Crippen molar-refractivity contribution in [3.8, 4) is 11.5 Å². The SMILES string of the molecule is C=CC(=O)Nc1ccccc1Nc1ccc2c(C(=O)c3c(Cl)c(OC)cc(OC)c3Cl)c[nH]c2n1. The Morgan fingerprint density at radius 2 is 1.69 bits per heavy atom. The Morgan fingerprint density at radius 3 is 2.31 bits per heavy atom. The van der Waals surface area contributed by atoms with Gasteiger partial charge in [-0.1, -0.05) is 41.9 Å². The molecule has 0 aliphatic carbocycles. The van der Waals surface area contributed by atoms with Crippen LogP contribution in [0.3, 0.4) is 0 Å². The molecule has 178 valence electrons. The first-order valence-corrected chi connectivity index (χ1v) is 11.1. The standard InChI is InChI=1S/C25H20Cl2N4O4/c1-4-20(32)30-16-8-6-5-7-15(16)29-19-10-9-13-14(12-28-25(13)31-19)24(33)21-22(26)17(34-2)11-18(35-3)23(21)27/h4-12H,1H2,2-3H3,(H,30,32)(H2,28,29,31). The Labute approximate surface area is 210 Å². The average molecular weight is 511 g/mol. The summed E-state index contributed by atoms with van der Waals surface area (Å²) in [7, 11) is 2.88. The summed E-state index contributed by atoms with van der Waals surface area (Å²) in [4.78, 5) is 32.8. The molecule has 2 heterocycles. The van der Waals surface area contributed by atoms with E-state index in [0.29, 0.717) is 33.8 Å². The Hall–Kier alpha value is -4.01. The maximum absolute atomic E-state index is 13.5. The number of fused-ring (bicyclic) bond motifs is 1. The highest BCUT2D eigenvalue weighted by Crippen LogP contribution is 2.42. The lowest BCUT2D eigenvalue weighted by atomic mass is 10.0. The highest BCUT2D eigenvalue weighted by molar-refractivity contribution is 6.43. The molecule has 0 fully saturated rings. The van der Waals surface area contributed by atoms with E-state index in [0.717, 1.165) is 0 Å². The number of H-pyrrole nitrogens is 1. The fourth-order valence-electron chi connectivity index (χ4n) is 3.50. The fraction of sp³-hybridized carbons (Fsp3) is 0.0800. The predicted molar refractivity (Wildman–Crippen MR) is 138 cm³/mol. The third-order valence-corrected chi connectivity index (χ3v) is 5.97. The normalized spacial score (nSPS) is 10.6. The molecular formula is C25H20Cl2N4O4. The summed E-state index contributed by atoms with van der Waals surface area (Å²) in [6.07, 6.45) is 2.73. The van der Waals surface area contributed by atoms with Crippen LogP contribution in [0.5, 0.6) is 11.5 Å². The number of hydrogen-bond donors (Lipinski definition) is 3. The Morgan fingerprint density at radius 1 is 1.03 bits per heavy atom. The van der Waals surface area contributed by atoms with Crippen molar-refractivity contribution < 1.29 is 19.1 Å². The molecule has 10 heteroatoms. The molecule has 4 aromatic rings. The van der Waals surface area contributed by atoms with Crippen LogP contribution in [0.4, 0.5) is 17.2 Å². The summed E-state index contributed by atoms with van der Waals surface area (Å²) in [6, 6.07) is 12.2. The zero-order chi connectivity index (χ0) is 25.1. The number of aromatic amines is 1. The number of carbonyl (C=O) groups is 2. The highest BCUT2D eigenvalue weighted by Gasteiger charge is 2.26. The number of carbonyl (C=O) groups excluding carboxylic acids is 2. The van der Waals surface area contributed by atoms with Crippen molar-refractivity contribution in [2.45, 2.75) is 0 Å². The first-order chi connectivity index (χ1) is 16.9. The molecule has 1 amide bonds. The molecule has 0 bridgehead atoms. The molecule has 0 aliphatic heterocycles. The average Bonchev–Trinajstić information content (AvgIpc) is 3.28. The lowest BCUT2D eigenvalue weighted by Crippen LogP contribution is -2.09. The van der Waals surface area contributed by atoms with Crippen molar-refractivity contribution in [3.63, 3.8) is 0 Å². The number of nitrogens with zero attached hydrogens (tertiary/aromatic N) is 1. The van der Waals surface area contributed by atoms with E-state index in [4.69, 9.17) is 32.7 Å². The molecule has 8 nitrogen and oxygen atoms in total. The number of anilines is 3. The molecule has 35 heavy (non-hydrogen) atoms. The van der Waals surface area contributed by atoms with Crippen molar-refractivity contribution in [1.29, 1.82) is 0 Å². The van der Waals surface area contributed by atoms with E-state index in [1.165, 1.54) is 26.4 Å². The topological polar surface area (TPSA) is 105 Å². The lowest BCUT2D eigenvalue weighted by Gasteiger charge is -2.13. The molecule has 0 saturated heterocycles. The number of aromatic nitrogens is 2. The minimum Gasteiger partial charge on any atom is -0.495 e. The van der Waals surface area contributed by atoms with Crippen LogP contribution in [0.1, 0.15) is 15.9 Å². The van der Waals surface area contributed by atoms with Crippen LogP contribution in [-0.2, 0) is 4.79 Å². The molecule has 2 aromatic heterocycles. The van der Waals surface area contributed by atoms with Gasteiger partial charge in [0.15, 0.2) is 5.78 Å². The fourth-order valence-corrected chi connectivity index (χ4v) is 4.18. The summed E-state index contributed by atoms with van der Waals surface area (Å²) < 4.78 is 10.5. The smallest absolute Gasteiger partial charge is 0.247 e. The minimum absolute atomic E-state index is 0.0690. The Kier molecular flexibility index (Phi) is 6.95. The molecule has 0 saturated carbocycles. The van der Waals surface area contributed by atoms with Crippen LogP contribution < -0.4 is 20.1 Å². The number of hydrogen-bond acceptors (Lipinski definition) is 6. The van der Waals surface area contributed by atoms with Gasteiger partial charge in [-0.25, -0.2) is 4.98 Å². The van der Waals surface area contributed by atoms with Crippen molar-refractivity contribution in [1.82, 2.24) is 9.97 Å². The molecule has 3 N–H and O–H groups in total. The van der Waals surface area contributed by atoms with Gasteiger partial charge in [0.05, 0.1) is 41.2 Å². The van der Waals surface area contributed by atoms with Crippen LogP contribution in [-0.4, -0.2) is 35.9 Å². The summed E-state index contributed by atoms with van der Waals surface area (Å²) in [5.74, 6) is 0.286. The van der Waals surface area contributed by atoms with E-state index in [2.05, 4.69) is 27.2 Å². The molecule has 0 atom stereocenters. The largest absolute Gasteiger partial charge is 0.495 e. The number of pyridine rings is 1. The molecule has 0 unspecified atom stereocenters. The zero-order valence-corrected chi connectivity index (χ0v) is 20.3. The van der Waals surface area contributed by atoms with Gasteiger partial charge in [0.25, 0.3) is 0 Å². The number of ketones is 1.